The van der Waals surface area contributed by atoms with Gasteiger partial charge in [0, 0.05) is 21.3 Å². The monoisotopic (exact) mass is 234 g/mol. The summed E-state index contributed by atoms with van der Waals surface area (Å²) in [5.74, 6) is 0. The fourth-order valence-corrected chi connectivity index (χ4v) is 3.43. The second-order valence-corrected chi connectivity index (χ2v) is 6.46. The van der Waals surface area contributed by atoms with Crippen molar-refractivity contribution in [3.8, 4) is 0 Å². The standard InChI is InChI=1S/C10H22O4Si/c1-7-10(14-8-9(2)3)15(11-4,12-5)13-6/h10H,2,7-8H2,1,3-6H3/t10-/m1/s1. The largest absolute Gasteiger partial charge is 0.530 e. The van der Waals surface area contributed by atoms with Gasteiger partial charge in [0.25, 0.3) is 0 Å². The van der Waals surface area contributed by atoms with E-state index in [1.165, 1.54) is 0 Å². The zero-order chi connectivity index (χ0) is 11.9. The van der Waals surface area contributed by atoms with E-state index in [-0.39, 0.29) is 5.73 Å². The van der Waals surface area contributed by atoms with Gasteiger partial charge in [0.1, 0.15) is 5.73 Å². The van der Waals surface area contributed by atoms with Gasteiger partial charge in [0.05, 0.1) is 6.61 Å². The minimum absolute atomic E-state index is 0.144. The maximum Gasteiger partial charge on any atom is 0.530 e. The first-order valence-electron chi connectivity index (χ1n) is 4.97. The highest BCUT2D eigenvalue weighted by atomic mass is 28.4. The second kappa shape index (κ2) is 7.13. The Kier molecular flexibility index (Phi) is 7.04. The lowest BCUT2D eigenvalue weighted by molar-refractivity contribution is 0.0199. The highest BCUT2D eigenvalue weighted by Crippen LogP contribution is 2.18. The minimum Gasteiger partial charge on any atom is -0.375 e. The summed E-state index contributed by atoms with van der Waals surface area (Å²) < 4.78 is 21.8. The molecule has 0 aromatic carbocycles. The van der Waals surface area contributed by atoms with Gasteiger partial charge in [-0.1, -0.05) is 19.1 Å². The average molecular weight is 234 g/mol. The summed E-state index contributed by atoms with van der Waals surface area (Å²) in [4.78, 5) is 0. The van der Waals surface area contributed by atoms with E-state index in [9.17, 15) is 0 Å². The molecule has 15 heavy (non-hydrogen) atoms. The van der Waals surface area contributed by atoms with Crippen LogP contribution in [0.15, 0.2) is 12.2 Å². The third-order valence-corrected chi connectivity index (χ3v) is 5.22. The van der Waals surface area contributed by atoms with Gasteiger partial charge in [-0.2, -0.15) is 0 Å². The predicted octanol–water partition coefficient (Wildman–Crippen LogP) is 1.77. The molecule has 0 unspecified atom stereocenters. The lowest BCUT2D eigenvalue weighted by atomic mass is 10.4. The van der Waals surface area contributed by atoms with Crippen LogP contribution in [0.2, 0.25) is 0 Å². The van der Waals surface area contributed by atoms with Crippen LogP contribution in [0.3, 0.4) is 0 Å². The van der Waals surface area contributed by atoms with Crippen molar-refractivity contribution in [2.75, 3.05) is 27.9 Å². The molecule has 5 heteroatoms. The molecule has 0 radical (unpaired) electrons. The molecule has 1 atom stereocenters. The molecule has 4 nitrogen and oxygen atoms in total. The van der Waals surface area contributed by atoms with Crippen molar-refractivity contribution >= 4 is 8.80 Å². The van der Waals surface area contributed by atoms with Gasteiger partial charge in [-0.25, -0.2) is 0 Å². The third-order valence-electron chi connectivity index (χ3n) is 2.15. The van der Waals surface area contributed by atoms with Gasteiger partial charge in [-0.05, 0) is 13.3 Å². The van der Waals surface area contributed by atoms with Crippen LogP contribution in [0, 0.1) is 0 Å². The molecular weight excluding hydrogens is 212 g/mol. The van der Waals surface area contributed by atoms with Crippen LogP contribution in [-0.4, -0.2) is 42.5 Å². The van der Waals surface area contributed by atoms with Gasteiger partial charge in [-0.15, -0.1) is 0 Å². The Morgan fingerprint density at radius 3 is 1.93 bits per heavy atom. The number of hydrogen-bond acceptors (Lipinski definition) is 4. The Bertz CT molecular complexity index is 184. The third kappa shape index (κ3) is 4.04. The van der Waals surface area contributed by atoms with Gasteiger partial charge in [0.2, 0.25) is 0 Å². The van der Waals surface area contributed by atoms with E-state index in [1.54, 1.807) is 21.3 Å². The van der Waals surface area contributed by atoms with E-state index < -0.39 is 8.80 Å². The zero-order valence-electron chi connectivity index (χ0n) is 10.3. The number of rotatable bonds is 8. The fourth-order valence-electron chi connectivity index (χ4n) is 1.36. The molecule has 0 fully saturated rings. The topological polar surface area (TPSA) is 36.9 Å². The van der Waals surface area contributed by atoms with Gasteiger partial charge >= 0.3 is 8.80 Å². The molecular formula is C10H22O4Si. The molecule has 0 saturated carbocycles. The molecule has 0 spiro atoms. The van der Waals surface area contributed by atoms with Crippen molar-refractivity contribution in [3.63, 3.8) is 0 Å². The predicted molar refractivity (Wildman–Crippen MR) is 61.6 cm³/mol. The summed E-state index contributed by atoms with van der Waals surface area (Å²) >= 11 is 0. The summed E-state index contributed by atoms with van der Waals surface area (Å²) in [5.41, 5.74) is 0.828. The summed E-state index contributed by atoms with van der Waals surface area (Å²) in [6, 6.07) is 0. The highest BCUT2D eigenvalue weighted by molar-refractivity contribution is 6.62. The Labute approximate surface area is 93.5 Å². The van der Waals surface area contributed by atoms with Crippen LogP contribution in [0.25, 0.3) is 0 Å². The molecule has 0 N–H and O–H groups in total. The molecule has 0 aromatic rings. The first-order valence-corrected chi connectivity index (χ1v) is 6.77. The molecule has 0 bridgehead atoms. The van der Waals surface area contributed by atoms with E-state index in [0.29, 0.717) is 6.61 Å². The van der Waals surface area contributed by atoms with Gasteiger partial charge in [-0.3, -0.25) is 0 Å². The Hall–Kier alpha value is -0.203. The van der Waals surface area contributed by atoms with Crippen LogP contribution in [-0.2, 0) is 18.0 Å². The SMILES string of the molecule is C=C(C)CO[C@@H](CC)[Si](OC)(OC)OC. The van der Waals surface area contributed by atoms with Crippen molar-refractivity contribution in [3.05, 3.63) is 12.2 Å². The van der Waals surface area contributed by atoms with Crippen molar-refractivity contribution in [1.29, 1.82) is 0 Å². The molecule has 0 aliphatic heterocycles. The summed E-state index contributed by atoms with van der Waals surface area (Å²) in [6.45, 7) is 8.23. The van der Waals surface area contributed by atoms with Gasteiger partial charge in [0.15, 0.2) is 0 Å². The number of ether oxygens (including phenoxy) is 1. The second-order valence-electron chi connectivity index (χ2n) is 3.38. The molecule has 0 aliphatic carbocycles. The van der Waals surface area contributed by atoms with Crippen LogP contribution in [0.1, 0.15) is 20.3 Å². The van der Waals surface area contributed by atoms with E-state index in [0.717, 1.165) is 12.0 Å². The summed E-state index contributed by atoms with van der Waals surface area (Å²) in [5, 5.41) is 0. The molecule has 0 saturated heterocycles. The molecule has 0 aliphatic rings. The fraction of sp³-hybridized carbons (Fsp3) is 0.800. The average Bonchev–Trinajstić information content (AvgIpc) is 2.24. The smallest absolute Gasteiger partial charge is 0.375 e. The van der Waals surface area contributed by atoms with Crippen LogP contribution in [0.4, 0.5) is 0 Å². The van der Waals surface area contributed by atoms with Crippen molar-refractivity contribution < 1.29 is 18.0 Å². The number of hydrogen-bond donors (Lipinski definition) is 0. The molecule has 0 heterocycles. The summed E-state index contributed by atoms with van der Waals surface area (Å²) in [6.07, 6.45) is 0.787. The lowest BCUT2D eigenvalue weighted by Gasteiger charge is -2.31. The van der Waals surface area contributed by atoms with Crippen LogP contribution >= 0.6 is 0 Å². The first-order chi connectivity index (χ1) is 7.06. The van der Waals surface area contributed by atoms with Crippen molar-refractivity contribution in [1.82, 2.24) is 0 Å². The van der Waals surface area contributed by atoms with Crippen LogP contribution in [0.5, 0.6) is 0 Å². The van der Waals surface area contributed by atoms with E-state index in [2.05, 4.69) is 6.58 Å². The maximum atomic E-state index is 5.68. The quantitative estimate of drug-likeness (QED) is 0.474. The zero-order valence-corrected chi connectivity index (χ0v) is 11.3. The Balaban J connectivity index is 4.51. The van der Waals surface area contributed by atoms with Crippen molar-refractivity contribution in [2.45, 2.75) is 26.0 Å². The Morgan fingerprint density at radius 1 is 1.20 bits per heavy atom. The summed E-state index contributed by atoms with van der Waals surface area (Å²) in [7, 11) is 2.09. The molecule has 90 valence electrons. The van der Waals surface area contributed by atoms with Crippen LogP contribution < -0.4 is 0 Å². The minimum atomic E-state index is -2.68. The van der Waals surface area contributed by atoms with Crippen molar-refractivity contribution in [2.24, 2.45) is 0 Å². The maximum absolute atomic E-state index is 5.68. The molecule has 0 amide bonds. The molecule has 0 rings (SSSR count). The molecule has 0 aromatic heterocycles. The van der Waals surface area contributed by atoms with E-state index in [4.69, 9.17) is 18.0 Å². The normalized spacial score (nSPS) is 13.9. The van der Waals surface area contributed by atoms with Gasteiger partial charge < -0.3 is 18.0 Å². The lowest BCUT2D eigenvalue weighted by Crippen LogP contribution is -2.55. The first kappa shape index (κ1) is 14.8. The van der Waals surface area contributed by atoms with E-state index in [1.807, 2.05) is 13.8 Å². The highest BCUT2D eigenvalue weighted by Gasteiger charge is 2.47. The Morgan fingerprint density at radius 2 is 1.67 bits per heavy atom. The van der Waals surface area contributed by atoms with E-state index >= 15 is 0 Å².